The number of halogens is 1. The zero-order chi connectivity index (χ0) is 8.23. The zero-order valence-corrected chi connectivity index (χ0v) is 8.74. The lowest BCUT2D eigenvalue weighted by molar-refractivity contribution is -0.687. The van der Waals surface area contributed by atoms with Gasteiger partial charge in [-0.15, -0.1) is 0 Å². The summed E-state index contributed by atoms with van der Waals surface area (Å²) in [4.78, 5) is 3.01. The van der Waals surface area contributed by atoms with Gasteiger partial charge in [0.25, 0.3) is 0 Å². The van der Waals surface area contributed by atoms with Crippen LogP contribution in [0, 0.1) is 0 Å². The minimum absolute atomic E-state index is 0. The van der Waals surface area contributed by atoms with Crippen LogP contribution >= 0.6 is 0 Å². The minimum Gasteiger partial charge on any atom is -1.00 e. The van der Waals surface area contributed by atoms with Crippen molar-refractivity contribution >= 4 is 0 Å². The van der Waals surface area contributed by atoms with Gasteiger partial charge >= 0.3 is 0 Å². The summed E-state index contributed by atoms with van der Waals surface area (Å²) in [6.45, 7) is 0.935. The highest BCUT2D eigenvalue weighted by molar-refractivity contribution is 5.13. The maximum Gasteiger partial charge on any atom is 0.241 e. The normalized spacial score (nSPS) is 9.23. The van der Waals surface area contributed by atoms with Crippen molar-refractivity contribution < 1.29 is 21.5 Å². The van der Waals surface area contributed by atoms with Crippen LogP contribution in [0.4, 0.5) is 0 Å². The largest absolute Gasteiger partial charge is 1.00 e. The van der Waals surface area contributed by atoms with Gasteiger partial charge in [0.05, 0.1) is 0 Å². The van der Waals surface area contributed by atoms with Crippen molar-refractivity contribution in [2.24, 2.45) is 0 Å². The van der Waals surface area contributed by atoms with Crippen molar-refractivity contribution in [1.82, 2.24) is 4.98 Å². The Bertz CT molecular complexity index is 329. The van der Waals surface area contributed by atoms with E-state index in [0.717, 1.165) is 6.54 Å². The van der Waals surface area contributed by atoms with Gasteiger partial charge in [-0.1, -0.05) is 30.3 Å². The first-order chi connectivity index (χ1) is 5.95. The summed E-state index contributed by atoms with van der Waals surface area (Å²) in [6, 6.07) is 10.4. The lowest BCUT2D eigenvalue weighted by Crippen LogP contribution is -3.00. The second kappa shape index (κ2) is 4.82. The van der Waals surface area contributed by atoms with Crippen molar-refractivity contribution in [3.05, 3.63) is 54.6 Å². The van der Waals surface area contributed by atoms with Crippen LogP contribution in [0.15, 0.2) is 49.1 Å². The molecule has 0 radical (unpaired) electrons. The Morgan fingerprint density at radius 1 is 1.15 bits per heavy atom. The molecule has 68 valence electrons. The van der Waals surface area contributed by atoms with Crippen LogP contribution < -0.4 is 21.5 Å². The maximum atomic E-state index is 3.01. The fourth-order valence-electron chi connectivity index (χ4n) is 1.21. The fourth-order valence-corrected chi connectivity index (χ4v) is 1.21. The summed E-state index contributed by atoms with van der Waals surface area (Å²) in [5.74, 6) is 0. The predicted molar refractivity (Wildman–Crippen MR) is 46.5 cm³/mol. The number of benzene rings is 1. The number of hydrogen-bond donors (Lipinski definition) is 1. The molecular weight excluding hydrogens is 228 g/mol. The van der Waals surface area contributed by atoms with Crippen LogP contribution in [0.2, 0.25) is 0 Å². The summed E-state index contributed by atoms with van der Waals surface area (Å²) in [7, 11) is 0. The number of imidazole rings is 1. The predicted octanol–water partition coefficient (Wildman–Crippen LogP) is -1.65. The van der Waals surface area contributed by atoms with E-state index in [1.165, 1.54) is 5.56 Å². The number of nitrogens with zero attached hydrogens (tertiary/aromatic N) is 1. The Labute approximate surface area is 88.0 Å². The van der Waals surface area contributed by atoms with E-state index in [4.69, 9.17) is 0 Å². The molecule has 0 aliphatic heterocycles. The van der Waals surface area contributed by atoms with E-state index in [2.05, 4.69) is 33.8 Å². The zero-order valence-electron chi connectivity index (χ0n) is 7.15. The quantitative estimate of drug-likeness (QED) is 0.606. The van der Waals surface area contributed by atoms with Crippen molar-refractivity contribution in [3.8, 4) is 0 Å². The minimum atomic E-state index is 0. The van der Waals surface area contributed by atoms with Gasteiger partial charge < -0.3 is 17.0 Å². The van der Waals surface area contributed by atoms with Gasteiger partial charge in [0.2, 0.25) is 6.33 Å². The average molecular weight is 239 g/mol. The topological polar surface area (TPSA) is 19.7 Å². The second-order valence-corrected chi connectivity index (χ2v) is 2.77. The van der Waals surface area contributed by atoms with Gasteiger partial charge in [-0.3, -0.25) is 4.98 Å². The molecule has 0 atom stereocenters. The van der Waals surface area contributed by atoms with Crippen molar-refractivity contribution in [1.29, 1.82) is 0 Å². The van der Waals surface area contributed by atoms with E-state index in [1.807, 2.05) is 24.8 Å². The number of aromatic nitrogens is 2. The summed E-state index contributed by atoms with van der Waals surface area (Å²) >= 11 is 0. The van der Waals surface area contributed by atoms with Crippen LogP contribution in [0.3, 0.4) is 0 Å². The molecule has 0 spiro atoms. The van der Waals surface area contributed by atoms with E-state index >= 15 is 0 Å². The maximum absolute atomic E-state index is 3.01. The van der Waals surface area contributed by atoms with Crippen molar-refractivity contribution in [2.75, 3.05) is 0 Å². The molecule has 2 rings (SSSR count). The standard InChI is InChI=1S/C10H10N2.BrH/c1-2-4-10(5-3-1)8-12-7-6-11-9-12;/h1-7,9H,8H2;1H. The molecule has 0 bridgehead atoms. The van der Waals surface area contributed by atoms with Gasteiger partial charge in [0.15, 0.2) is 0 Å². The second-order valence-electron chi connectivity index (χ2n) is 2.77. The summed E-state index contributed by atoms with van der Waals surface area (Å²) in [6.07, 6.45) is 5.89. The molecule has 0 aliphatic carbocycles. The molecule has 13 heavy (non-hydrogen) atoms. The summed E-state index contributed by atoms with van der Waals surface area (Å²) < 4.78 is 2.11. The molecule has 0 saturated carbocycles. The van der Waals surface area contributed by atoms with Crippen LogP contribution in [0.1, 0.15) is 5.56 Å². The number of aromatic amines is 1. The van der Waals surface area contributed by atoms with Crippen LogP contribution in [-0.2, 0) is 6.54 Å². The highest BCUT2D eigenvalue weighted by atomic mass is 79.9. The molecule has 0 fully saturated rings. The van der Waals surface area contributed by atoms with Crippen LogP contribution in [0.25, 0.3) is 0 Å². The highest BCUT2D eigenvalue weighted by Crippen LogP contribution is 1.96. The van der Waals surface area contributed by atoms with E-state index in [-0.39, 0.29) is 17.0 Å². The molecular formula is C10H11BrN2. The highest BCUT2D eigenvalue weighted by Gasteiger charge is 1.96. The SMILES string of the molecule is [Br-].c1ccc(C[n+]2cc[nH]c2)cc1. The third-order valence-corrected chi connectivity index (χ3v) is 1.81. The lowest BCUT2D eigenvalue weighted by atomic mass is 10.2. The van der Waals surface area contributed by atoms with Crippen LogP contribution in [0.5, 0.6) is 0 Å². The first-order valence-electron chi connectivity index (χ1n) is 4.01. The molecule has 0 unspecified atom stereocenters. The third-order valence-electron chi connectivity index (χ3n) is 1.81. The Morgan fingerprint density at radius 3 is 2.54 bits per heavy atom. The molecule has 2 aromatic rings. The lowest BCUT2D eigenvalue weighted by Gasteiger charge is -1.95. The van der Waals surface area contributed by atoms with E-state index in [9.17, 15) is 0 Å². The Morgan fingerprint density at radius 2 is 1.92 bits per heavy atom. The molecule has 1 N–H and O–H groups in total. The first-order valence-corrected chi connectivity index (χ1v) is 4.01. The van der Waals surface area contributed by atoms with Gasteiger partial charge in [0, 0.05) is 0 Å². The Hall–Kier alpha value is -1.09. The van der Waals surface area contributed by atoms with E-state index in [0.29, 0.717) is 0 Å². The van der Waals surface area contributed by atoms with Gasteiger partial charge in [-0.2, -0.15) is 0 Å². The summed E-state index contributed by atoms with van der Waals surface area (Å²) in [5.41, 5.74) is 1.32. The molecule has 0 amide bonds. The average Bonchev–Trinajstić information content (AvgIpc) is 2.59. The smallest absolute Gasteiger partial charge is 0.241 e. The molecule has 1 heterocycles. The number of hydrogen-bond acceptors (Lipinski definition) is 0. The molecule has 3 heteroatoms. The van der Waals surface area contributed by atoms with Gasteiger partial charge in [-0.25, -0.2) is 4.57 Å². The van der Waals surface area contributed by atoms with Gasteiger partial charge in [0.1, 0.15) is 18.9 Å². The summed E-state index contributed by atoms with van der Waals surface area (Å²) in [5, 5.41) is 0. The number of H-pyrrole nitrogens is 1. The van der Waals surface area contributed by atoms with E-state index < -0.39 is 0 Å². The molecule has 2 nitrogen and oxygen atoms in total. The monoisotopic (exact) mass is 238 g/mol. The molecule has 1 aromatic carbocycles. The Kier molecular flexibility index (Phi) is 3.71. The molecule has 1 aromatic heterocycles. The van der Waals surface area contributed by atoms with Crippen molar-refractivity contribution in [2.45, 2.75) is 6.54 Å². The Balaban J connectivity index is 0.000000845. The molecule has 0 aliphatic rings. The van der Waals surface area contributed by atoms with Crippen molar-refractivity contribution in [3.63, 3.8) is 0 Å². The third kappa shape index (κ3) is 2.70. The first kappa shape index (κ1) is 9.99. The van der Waals surface area contributed by atoms with E-state index in [1.54, 1.807) is 0 Å². The van der Waals surface area contributed by atoms with Crippen LogP contribution in [-0.4, -0.2) is 4.98 Å². The number of nitrogens with one attached hydrogen (secondary N) is 1. The van der Waals surface area contributed by atoms with Gasteiger partial charge in [-0.05, 0) is 5.56 Å². The number of rotatable bonds is 2. The molecule has 0 saturated heterocycles. The fraction of sp³-hybridized carbons (Fsp3) is 0.100.